The van der Waals surface area contributed by atoms with Crippen LogP contribution in [-0.4, -0.2) is 35.4 Å². The van der Waals surface area contributed by atoms with Crippen LogP contribution < -0.4 is 10.1 Å². The molecule has 2 aromatic rings. The van der Waals surface area contributed by atoms with Gasteiger partial charge in [-0.05, 0) is 12.1 Å². The van der Waals surface area contributed by atoms with Crippen molar-refractivity contribution in [2.45, 2.75) is 31.5 Å². The largest absolute Gasteiger partial charge is 0.496 e. The summed E-state index contributed by atoms with van der Waals surface area (Å²) in [5.41, 5.74) is 0.538. The lowest BCUT2D eigenvalue weighted by atomic mass is 10.1. The van der Waals surface area contributed by atoms with Gasteiger partial charge in [0.15, 0.2) is 0 Å². The van der Waals surface area contributed by atoms with Crippen LogP contribution in [0.2, 0.25) is 0 Å². The van der Waals surface area contributed by atoms with Crippen LogP contribution >= 0.6 is 0 Å². The Labute approximate surface area is 147 Å². The minimum absolute atomic E-state index is 0.0325. The number of rotatable bonds is 7. The normalized spacial score (nSPS) is 12.3. The number of hydrogen-bond acceptors (Lipinski definition) is 5. The number of amides is 1. The monoisotopic (exact) mass is 367 g/mol. The lowest BCUT2D eigenvalue weighted by Crippen LogP contribution is -2.38. The van der Waals surface area contributed by atoms with E-state index in [0.29, 0.717) is 11.3 Å². The van der Waals surface area contributed by atoms with Gasteiger partial charge in [0.25, 0.3) is 5.89 Å². The van der Waals surface area contributed by atoms with Crippen LogP contribution in [0.1, 0.15) is 18.7 Å². The Bertz CT molecular complexity index is 796. The summed E-state index contributed by atoms with van der Waals surface area (Å²) in [6.07, 6.45) is -1.19. The number of para-hydroxylation sites is 1. The average Bonchev–Trinajstić information content (AvgIpc) is 3.01. The molecule has 2 rings (SSSR count). The van der Waals surface area contributed by atoms with Crippen LogP contribution in [0.15, 0.2) is 28.7 Å². The van der Waals surface area contributed by atoms with E-state index in [1.54, 1.807) is 24.3 Å². The van der Waals surface area contributed by atoms with Crippen LogP contribution in [0.25, 0.3) is 11.5 Å². The van der Waals surface area contributed by atoms with Crippen molar-refractivity contribution in [1.82, 2.24) is 15.5 Å². The van der Waals surface area contributed by atoms with Crippen molar-refractivity contribution in [2.75, 3.05) is 7.11 Å². The van der Waals surface area contributed by atoms with E-state index in [4.69, 9.17) is 15.6 Å². The van der Waals surface area contributed by atoms with Crippen LogP contribution in [0.4, 0.5) is 13.2 Å². The van der Waals surface area contributed by atoms with Gasteiger partial charge in [-0.2, -0.15) is 13.2 Å². The molecule has 0 aliphatic heterocycles. The van der Waals surface area contributed by atoms with Crippen LogP contribution in [0, 0.1) is 12.3 Å². The molecule has 1 N–H and O–H groups in total. The summed E-state index contributed by atoms with van der Waals surface area (Å²) in [7, 11) is 1.48. The maximum Gasteiger partial charge on any atom is 0.391 e. The Morgan fingerprint density at radius 2 is 2.12 bits per heavy atom. The van der Waals surface area contributed by atoms with E-state index in [1.165, 1.54) is 7.11 Å². The van der Waals surface area contributed by atoms with E-state index in [9.17, 15) is 18.0 Å². The van der Waals surface area contributed by atoms with Gasteiger partial charge < -0.3 is 14.5 Å². The number of nitrogens with one attached hydrogen (secondary N) is 1. The Balaban J connectivity index is 2.04. The molecule has 0 aliphatic rings. The van der Waals surface area contributed by atoms with Gasteiger partial charge in [-0.25, -0.2) is 0 Å². The lowest BCUT2D eigenvalue weighted by Gasteiger charge is -2.17. The highest BCUT2D eigenvalue weighted by molar-refractivity contribution is 5.78. The minimum Gasteiger partial charge on any atom is -0.496 e. The van der Waals surface area contributed by atoms with E-state index in [0.717, 1.165) is 0 Å². The molecule has 0 fully saturated rings. The maximum absolute atomic E-state index is 12.5. The highest BCUT2D eigenvalue weighted by atomic mass is 19.4. The Hall–Kier alpha value is -3.02. The van der Waals surface area contributed by atoms with Gasteiger partial charge in [-0.1, -0.05) is 12.1 Å². The zero-order valence-electron chi connectivity index (χ0n) is 13.8. The van der Waals surface area contributed by atoms with Crippen molar-refractivity contribution >= 4 is 5.91 Å². The fraction of sp³-hybridized carbons (Fsp3) is 0.353. The molecule has 0 aliphatic carbocycles. The molecule has 1 heterocycles. The summed E-state index contributed by atoms with van der Waals surface area (Å²) in [5, 5.41) is 9.81. The van der Waals surface area contributed by atoms with Gasteiger partial charge in [0.2, 0.25) is 11.8 Å². The number of methoxy groups -OCH3 is 1. The van der Waals surface area contributed by atoms with Crippen molar-refractivity contribution < 1.29 is 27.1 Å². The molecule has 0 saturated heterocycles. The number of halogens is 3. The van der Waals surface area contributed by atoms with Gasteiger partial charge in [-0.3, -0.25) is 4.79 Å². The number of alkyl halides is 3. The zero-order chi connectivity index (χ0) is 19.2. The van der Waals surface area contributed by atoms with Crippen LogP contribution in [-0.2, 0) is 11.2 Å². The fourth-order valence-electron chi connectivity index (χ4n) is 2.27. The average molecular weight is 367 g/mol. The molecular weight excluding hydrogens is 351 g/mol. The first-order valence-corrected chi connectivity index (χ1v) is 7.57. The summed E-state index contributed by atoms with van der Waals surface area (Å²) in [5.74, 6) is 2.04. The van der Waals surface area contributed by atoms with Crippen LogP contribution in [0.3, 0.4) is 0 Å². The van der Waals surface area contributed by atoms with E-state index in [-0.39, 0.29) is 24.6 Å². The highest BCUT2D eigenvalue weighted by Crippen LogP contribution is 2.28. The van der Waals surface area contributed by atoms with Gasteiger partial charge in [0, 0.05) is 12.5 Å². The molecule has 26 heavy (non-hydrogen) atoms. The zero-order valence-corrected chi connectivity index (χ0v) is 13.8. The topological polar surface area (TPSA) is 77.2 Å². The van der Waals surface area contributed by atoms with Gasteiger partial charge >= 0.3 is 6.18 Å². The number of nitrogens with zero attached hydrogens (tertiary/aromatic N) is 2. The number of benzene rings is 1. The first-order chi connectivity index (χ1) is 12.3. The molecule has 1 aromatic carbocycles. The van der Waals surface area contributed by atoms with E-state index < -0.39 is 24.5 Å². The number of terminal acetylenes is 1. The van der Waals surface area contributed by atoms with E-state index in [1.807, 2.05) is 0 Å². The van der Waals surface area contributed by atoms with E-state index in [2.05, 4.69) is 21.4 Å². The third-order valence-electron chi connectivity index (χ3n) is 3.32. The fourth-order valence-corrected chi connectivity index (χ4v) is 2.27. The van der Waals surface area contributed by atoms with Crippen molar-refractivity contribution in [1.29, 1.82) is 0 Å². The van der Waals surface area contributed by atoms with Gasteiger partial charge in [0.1, 0.15) is 12.2 Å². The third-order valence-corrected chi connectivity index (χ3v) is 3.32. The van der Waals surface area contributed by atoms with E-state index >= 15 is 0 Å². The van der Waals surface area contributed by atoms with Gasteiger partial charge in [0.05, 0.1) is 19.1 Å². The number of ether oxygens (including phenoxy) is 1. The molecule has 1 amide bonds. The Kier molecular flexibility index (Phi) is 6.22. The first-order valence-electron chi connectivity index (χ1n) is 7.57. The highest BCUT2D eigenvalue weighted by Gasteiger charge is 2.32. The van der Waals surface area contributed by atoms with Crippen molar-refractivity contribution in [3.05, 3.63) is 30.2 Å². The SMILES string of the molecule is C#CCC(CC(F)(F)F)NC(=O)Cc1nnc(-c2ccccc2OC)o1. The quantitative estimate of drug-likeness (QED) is 0.762. The summed E-state index contributed by atoms with van der Waals surface area (Å²) < 4.78 is 48.1. The molecule has 1 aromatic heterocycles. The van der Waals surface area contributed by atoms with Crippen molar-refractivity contribution in [3.8, 4) is 29.5 Å². The predicted molar refractivity (Wildman–Crippen MR) is 86.0 cm³/mol. The molecule has 0 spiro atoms. The predicted octanol–water partition coefficient (Wildman–Crippen LogP) is 2.75. The number of carbonyl (C=O) groups excluding carboxylic acids is 1. The summed E-state index contributed by atoms with van der Waals surface area (Å²) in [6.45, 7) is 0. The molecule has 0 bridgehead atoms. The molecule has 6 nitrogen and oxygen atoms in total. The molecule has 1 atom stereocenters. The number of carbonyl (C=O) groups is 1. The minimum atomic E-state index is -4.43. The molecule has 9 heteroatoms. The Morgan fingerprint density at radius 3 is 2.77 bits per heavy atom. The lowest BCUT2D eigenvalue weighted by molar-refractivity contribution is -0.142. The molecule has 1 unspecified atom stereocenters. The third kappa shape index (κ3) is 5.51. The van der Waals surface area contributed by atoms with Crippen molar-refractivity contribution in [2.24, 2.45) is 0 Å². The standard InChI is InChI=1S/C17H16F3N3O3/c1-3-6-11(10-17(18,19)20)21-14(24)9-15-22-23-16(26-15)12-7-4-5-8-13(12)25-2/h1,4-5,7-8,11H,6,9-10H2,2H3,(H,21,24). The smallest absolute Gasteiger partial charge is 0.391 e. The van der Waals surface area contributed by atoms with Crippen LogP contribution in [0.5, 0.6) is 5.75 Å². The maximum atomic E-state index is 12.5. The molecular formula is C17H16F3N3O3. The second-order valence-electron chi connectivity index (χ2n) is 5.37. The second-order valence-corrected chi connectivity index (χ2v) is 5.37. The second kappa shape index (κ2) is 8.38. The van der Waals surface area contributed by atoms with Gasteiger partial charge in [-0.15, -0.1) is 22.5 Å². The molecule has 0 radical (unpaired) electrons. The first kappa shape index (κ1) is 19.3. The number of hydrogen-bond donors (Lipinski definition) is 1. The molecule has 138 valence electrons. The summed E-state index contributed by atoms with van der Waals surface area (Å²) in [6, 6.07) is 5.70. The summed E-state index contributed by atoms with van der Waals surface area (Å²) in [4.78, 5) is 12.0. The van der Waals surface area contributed by atoms with Crippen molar-refractivity contribution in [3.63, 3.8) is 0 Å². The Morgan fingerprint density at radius 1 is 1.38 bits per heavy atom. The molecule has 0 saturated carbocycles. The summed E-state index contributed by atoms with van der Waals surface area (Å²) >= 11 is 0. The number of aromatic nitrogens is 2.